The van der Waals surface area contributed by atoms with E-state index in [1.807, 2.05) is 6.92 Å². The van der Waals surface area contributed by atoms with E-state index >= 15 is 0 Å². The van der Waals surface area contributed by atoms with Crippen LogP contribution in [0.25, 0.3) is 0 Å². The number of anilines is 1. The summed E-state index contributed by atoms with van der Waals surface area (Å²) in [5.41, 5.74) is 6.71. The molecule has 2 aliphatic heterocycles. The zero-order valence-corrected chi connectivity index (χ0v) is 19.8. The van der Waals surface area contributed by atoms with Gasteiger partial charge in [0.2, 0.25) is 0 Å². The first-order valence-electron chi connectivity index (χ1n) is 9.54. The van der Waals surface area contributed by atoms with Gasteiger partial charge in [0.05, 0.1) is 42.5 Å². The van der Waals surface area contributed by atoms with E-state index in [1.165, 1.54) is 12.8 Å². The van der Waals surface area contributed by atoms with Gasteiger partial charge in [0.25, 0.3) is 5.91 Å². The number of rotatable bonds is 4. The Hall–Kier alpha value is -1.17. The Morgan fingerprint density at radius 3 is 2.50 bits per heavy atom. The quantitative estimate of drug-likeness (QED) is 0.260. The Labute approximate surface area is 189 Å². The van der Waals surface area contributed by atoms with Gasteiger partial charge < -0.3 is 44.2 Å². The Balaban J connectivity index is 0.00000280. The van der Waals surface area contributed by atoms with Gasteiger partial charge >= 0.3 is 0 Å². The second-order valence-corrected chi connectivity index (χ2v) is 8.59. The van der Waals surface area contributed by atoms with Crippen molar-refractivity contribution >= 4 is 23.2 Å². The molecular formula is C21H29ClIN3O2. The summed E-state index contributed by atoms with van der Waals surface area (Å²) in [7, 11) is 4.62. The number of carbonyl (C=O) groups is 1. The second kappa shape index (κ2) is 9.10. The number of benzene rings is 1. The van der Waals surface area contributed by atoms with E-state index in [9.17, 15) is 4.79 Å². The molecule has 154 valence electrons. The Bertz CT molecular complexity index is 787. The number of nitrogens with one attached hydrogen (secondary N) is 1. The number of nitrogen functional groups attached to an aromatic ring is 1. The summed E-state index contributed by atoms with van der Waals surface area (Å²) in [6.07, 6.45) is 4.14. The monoisotopic (exact) mass is 517 g/mol. The van der Waals surface area contributed by atoms with Gasteiger partial charge in [-0.15, -0.1) is 5.92 Å². The van der Waals surface area contributed by atoms with Crippen LogP contribution >= 0.6 is 11.6 Å². The first-order valence-corrected chi connectivity index (χ1v) is 9.92. The lowest BCUT2D eigenvalue weighted by atomic mass is 9.95. The number of carbonyl (C=O) groups excluding carboxylic acids is 1. The number of hydrogen-bond acceptors (Lipinski definition) is 3. The molecule has 2 saturated heterocycles. The number of nitrogens with two attached hydrogens (primary N) is 1. The number of halogens is 2. The van der Waals surface area contributed by atoms with E-state index in [2.05, 4.69) is 31.3 Å². The highest BCUT2D eigenvalue weighted by Gasteiger charge is 2.49. The largest absolute Gasteiger partial charge is 1.00 e. The summed E-state index contributed by atoms with van der Waals surface area (Å²) in [5, 5.41) is 3.55. The molecule has 3 atom stereocenters. The van der Waals surface area contributed by atoms with Gasteiger partial charge in [-0.1, -0.05) is 17.5 Å². The first-order chi connectivity index (χ1) is 12.7. The van der Waals surface area contributed by atoms with E-state index in [4.69, 9.17) is 22.1 Å². The number of amides is 1. The van der Waals surface area contributed by atoms with Crippen molar-refractivity contribution in [3.63, 3.8) is 0 Å². The smallest absolute Gasteiger partial charge is 0.255 e. The first kappa shape index (κ1) is 23.1. The molecule has 3 N–H and O–H groups in total. The minimum Gasteiger partial charge on any atom is -1.00 e. The third kappa shape index (κ3) is 4.69. The minimum absolute atomic E-state index is 0. The summed E-state index contributed by atoms with van der Waals surface area (Å²) >= 11 is 6.17. The molecule has 0 aromatic heterocycles. The molecule has 1 amide bonds. The standard InChI is InChI=1S/C21H28ClN3O2.HI/c1-5-6-13(2)27-20-12-19(23)18(22)11-17(20)21(26)24-14-9-15-7-8-16(10-14)25(15,3)4;/h11-16H,7-10H2,1-4H3,(H2-,23,24,26);1H/t13-,14?,15?,16?;/m0./s1. The third-order valence-corrected chi connectivity index (χ3v) is 6.49. The van der Waals surface area contributed by atoms with Gasteiger partial charge in [-0.25, -0.2) is 0 Å². The number of piperidine rings is 1. The van der Waals surface area contributed by atoms with Gasteiger partial charge in [-0.2, -0.15) is 0 Å². The van der Waals surface area contributed by atoms with E-state index in [1.54, 1.807) is 19.1 Å². The maximum absolute atomic E-state index is 13.0. The SMILES string of the molecule is CC#C[C@H](C)Oc1cc(N)c(Cl)cc1C(=O)NC1CC2CCC(C1)[N+]2(C)C.[I-]. The molecular weight excluding hydrogens is 489 g/mol. The van der Waals surface area contributed by atoms with Crippen LogP contribution < -0.4 is 39.8 Å². The highest BCUT2D eigenvalue weighted by atomic mass is 127. The summed E-state index contributed by atoms with van der Waals surface area (Å²) in [5.74, 6) is 5.99. The van der Waals surface area contributed by atoms with Crippen LogP contribution in [-0.4, -0.2) is 48.7 Å². The highest BCUT2D eigenvalue weighted by Crippen LogP contribution is 2.39. The molecule has 5 nitrogen and oxygen atoms in total. The van der Waals surface area contributed by atoms with E-state index in [-0.39, 0.29) is 42.0 Å². The molecule has 0 spiro atoms. The fourth-order valence-electron chi connectivity index (χ4n) is 4.53. The van der Waals surface area contributed by atoms with Crippen LogP contribution in [0.5, 0.6) is 5.75 Å². The number of nitrogens with zero attached hydrogens (tertiary/aromatic N) is 1. The lowest BCUT2D eigenvalue weighted by molar-refractivity contribution is -0.930. The van der Waals surface area contributed by atoms with Crippen LogP contribution in [0, 0.1) is 11.8 Å². The molecule has 2 heterocycles. The fraction of sp³-hybridized carbons (Fsp3) is 0.571. The predicted octanol–water partition coefficient (Wildman–Crippen LogP) is 0.216. The summed E-state index contributed by atoms with van der Waals surface area (Å²) in [4.78, 5) is 13.0. The van der Waals surface area contributed by atoms with Gasteiger partial charge in [-0.3, -0.25) is 4.79 Å². The maximum Gasteiger partial charge on any atom is 0.255 e. The molecule has 1 aromatic rings. The molecule has 0 radical (unpaired) electrons. The molecule has 0 saturated carbocycles. The van der Waals surface area contributed by atoms with Gasteiger partial charge in [0, 0.05) is 37.8 Å². The molecule has 28 heavy (non-hydrogen) atoms. The summed E-state index contributed by atoms with van der Waals surface area (Å²) < 4.78 is 6.91. The summed E-state index contributed by atoms with van der Waals surface area (Å²) in [6, 6.07) is 4.60. The van der Waals surface area contributed by atoms with E-state index in [0.29, 0.717) is 34.1 Å². The van der Waals surface area contributed by atoms with Crippen molar-refractivity contribution in [1.29, 1.82) is 0 Å². The average Bonchev–Trinajstić information content (AvgIpc) is 2.75. The normalized spacial score (nSPS) is 25.7. The molecule has 2 aliphatic rings. The van der Waals surface area contributed by atoms with Crippen molar-refractivity contribution in [2.45, 2.75) is 63.8 Å². The number of fused-ring (bicyclic) bond motifs is 2. The van der Waals surface area contributed by atoms with Gasteiger partial charge in [0.15, 0.2) is 6.10 Å². The van der Waals surface area contributed by atoms with Crippen LogP contribution in [0.1, 0.15) is 49.9 Å². The van der Waals surface area contributed by atoms with Crippen LogP contribution in [0.3, 0.4) is 0 Å². The van der Waals surface area contributed by atoms with Crippen molar-refractivity contribution in [3.8, 4) is 17.6 Å². The number of quaternary nitrogens is 1. The summed E-state index contributed by atoms with van der Waals surface area (Å²) in [6.45, 7) is 3.59. The van der Waals surface area contributed by atoms with Crippen LogP contribution in [-0.2, 0) is 0 Å². The van der Waals surface area contributed by atoms with Crippen LogP contribution in [0.2, 0.25) is 5.02 Å². The zero-order valence-electron chi connectivity index (χ0n) is 16.9. The minimum atomic E-state index is -0.342. The third-order valence-electron chi connectivity index (χ3n) is 6.16. The van der Waals surface area contributed by atoms with E-state index in [0.717, 1.165) is 17.3 Å². The van der Waals surface area contributed by atoms with Crippen molar-refractivity contribution < 1.29 is 38.0 Å². The van der Waals surface area contributed by atoms with Crippen LogP contribution in [0.4, 0.5) is 5.69 Å². The second-order valence-electron chi connectivity index (χ2n) is 8.18. The van der Waals surface area contributed by atoms with Gasteiger partial charge in [0.1, 0.15) is 5.75 Å². The highest BCUT2D eigenvalue weighted by molar-refractivity contribution is 6.33. The van der Waals surface area contributed by atoms with Crippen molar-refractivity contribution in [2.75, 3.05) is 19.8 Å². The Kier molecular flexibility index (Phi) is 7.51. The molecule has 2 fully saturated rings. The Morgan fingerprint density at radius 2 is 1.93 bits per heavy atom. The number of ether oxygens (including phenoxy) is 1. The Morgan fingerprint density at radius 1 is 1.32 bits per heavy atom. The number of hydrogen-bond donors (Lipinski definition) is 2. The van der Waals surface area contributed by atoms with E-state index < -0.39 is 0 Å². The molecule has 0 aliphatic carbocycles. The molecule has 7 heteroatoms. The van der Waals surface area contributed by atoms with Crippen LogP contribution in [0.15, 0.2) is 12.1 Å². The van der Waals surface area contributed by atoms with Crippen molar-refractivity contribution in [3.05, 3.63) is 22.7 Å². The van der Waals surface area contributed by atoms with Crippen molar-refractivity contribution in [1.82, 2.24) is 5.32 Å². The molecule has 2 bridgehead atoms. The lowest BCUT2D eigenvalue weighted by Gasteiger charge is -2.44. The molecule has 2 unspecified atom stereocenters. The lowest BCUT2D eigenvalue weighted by Crippen LogP contribution is -3.00. The fourth-order valence-corrected chi connectivity index (χ4v) is 4.69. The topological polar surface area (TPSA) is 64.3 Å². The van der Waals surface area contributed by atoms with Gasteiger partial charge in [-0.05, 0) is 19.9 Å². The predicted molar refractivity (Wildman–Crippen MR) is 109 cm³/mol. The zero-order chi connectivity index (χ0) is 19.8. The van der Waals surface area contributed by atoms with Crippen molar-refractivity contribution in [2.24, 2.45) is 0 Å². The molecule has 1 aromatic carbocycles. The molecule has 3 rings (SSSR count). The average molecular weight is 518 g/mol. The maximum atomic E-state index is 13.0.